The molecule has 4 rings (SSSR count). The second kappa shape index (κ2) is 9.18. The number of fused-ring (bicyclic) bond motifs is 1. The molecule has 2 heterocycles. The Bertz CT molecular complexity index is 1280. The van der Waals surface area contributed by atoms with Crippen LogP contribution in [-0.2, 0) is 13.1 Å². The molecule has 31 heavy (non-hydrogen) atoms. The molecule has 2 aromatic carbocycles. The van der Waals surface area contributed by atoms with Gasteiger partial charge in [-0.05, 0) is 48.6 Å². The number of carbonyl (C=O) groups is 1. The Hall–Kier alpha value is -3.38. The number of thioether (sulfide) groups is 1. The van der Waals surface area contributed by atoms with Gasteiger partial charge < -0.3 is 9.88 Å². The van der Waals surface area contributed by atoms with E-state index in [0.29, 0.717) is 35.2 Å². The van der Waals surface area contributed by atoms with Crippen LogP contribution in [0, 0.1) is 6.92 Å². The van der Waals surface area contributed by atoms with Crippen LogP contribution in [-0.4, -0.2) is 21.7 Å². The first-order valence-corrected chi connectivity index (χ1v) is 11.2. The topological polar surface area (TPSA) is 64.0 Å². The van der Waals surface area contributed by atoms with Gasteiger partial charge in [0.1, 0.15) is 0 Å². The van der Waals surface area contributed by atoms with Crippen LogP contribution in [0.3, 0.4) is 0 Å². The molecule has 0 fully saturated rings. The van der Waals surface area contributed by atoms with Crippen LogP contribution in [0.1, 0.15) is 27.2 Å². The van der Waals surface area contributed by atoms with Crippen molar-refractivity contribution in [3.8, 4) is 0 Å². The molecule has 0 radical (unpaired) electrons. The highest BCUT2D eigenvalue weighted by molar-refractivity contribution is 7.98. The van der Waals surface area contributed by atoms with Gasteiger partial charge in [0.2, 0.25) is 0 Å². The van der Waals surface area contributed by atoms with Gasteiger partial charge in [-0.15, -0.1) is 11.8 Å². The third kappa shape index (κ3) is 4.70. The molecule has 0 atom stereocenters. The summed E-state index contributed by atoms with van der Waals surface area (Å²) in [4.78, 5) is 31.6. The van der Waals surface area contributed by atoms with Crippen LogP contribution in [0.15, 0.2) is 82.6 Å². The number of carbonyl (C=O) groups excluding carboxylic acids is 1. The molecule has 0 aliphatic heterocycles. The van der Waals surface area contributed by atoms with Crippen molar-refractivity contribution in [2.75, 3.05) is 6.26 Å². The van der Waals surface area contributed by atoms with E-state index in [0.717, 1.165) is 11.1 Å². The maximum atomic E-state index is 13.0. The van der Waals surface area contributed by atoms with Gasteiger partial charge in [0.25, 0.3) is 11.5 Å². The molecule has 0 aliphatic carbocycles. The number of hydrogen-bond donors (Lipinski definition) is 1. The molecule has 0 aliphatic rings. The highest BCUT2D eigenvalue weighted by Gasteiger charge is 2.14. The van der Waals surface area contributed by atoms with Gasteiger partial charge in [0.15, 0.2) is 0 Å². The molecule has 0 saturated carbocycles. The summed E-state index contributed by atoms with van der Waals surface area (Å²) >= 11 is 1.68. The molecule has 5 nitrogen and oxygen atoms in total. The number of aromatic nitrogens is 2. The summed E-state index contributed by atoms with van der Waals surface area (Å²) in [5.41, 5.74) is 3.51. The molecule has 6 heteroatoms. The second-order valence-electron chi connectivity index (χ2n) is 7.32. The zero-order chi connectivity index (χ0) is 21.8. The van der Waals surface area contributed by atoms with Gasteiger partial charge in [-0.3, -0.25) is 14.6 Å². The number of nitrogens with one attached hydrogen (secondary N) is 1. The van der Waals surface area contributed by atoms with E-state index in [-0.39, 0.29) is 11.5 Å². The Morgan fingerprint density at radius 2 is 1.77 bits per heavy atom. The number of aryl methyl sites for hydroxylation is 1. The number of nitrogens with zero attached hydrogens (tertiary/aromatic N) is 2. The van der Waals surface area contributed by atoms with Crippen molar-refractivity contribution in [2.24, 2.45) is 0 Å². The molecule has 0 unspecified atom stereocenters. The van der Waals surface area contributed by atoms with E-state index in [9.17, 15) is 9.59 Å². The van der Waals surface area contributed by atoms with Crippen LogP contribution in [0.2, 0.25) is 0 Å². The minimum atomic E-state index is -0.237. The molecule has 2 aromatic heterocycles. The van der Waals surface area contributed by atoms with Gasteiger partial charge in [-0.2, -0.15) is 0 Å². The summed E-state index contributed by atoms with van der Waals surface area (Å²) in [5.74, 6) is -0.237. The summed E-state index contributed by atoms with van der Waals surface area (Å²) in [6.45, 7) is 2.67. The lowest BCUT2D eigenvalue weighted by atomic mass is 10.1. The summed E-state index contributed by atoms with van der Waals surface area (Å²) < 4.78 is 1.64. The van der Waals surface area contributed by atoms with Crippen molar-refractivity contribution in [1.82, 2.24) is 14.9 Å². The van der Waals surface area contributed by atoms with Crippen molar-refractivity contribution in [2.45, 2.75) is 24.9 Å². The molecular formula is C25H23N3O2S. The maximum Gasteiger partial charge on any atom is 0.260 e. The minimum absolute atomic E-state index is 0.157. The Balaban J connectivity index is 1.59. The second-order valence-corrected chi connectivity index (χ2v) is 8.20. The fourth-order valence-electron chi connectivity index (χ4n) is 3.46. The summed E-state index contributed by atoms with van der Waals surface area (Å²) in [7, 11) is 0. The minimum Gasteiger partial charge on any atom is -0.348 e. The van der Waals surface area contributed by atoms with E-state index in [2.05, 4.69) is 10.3 Å². The van der Waals surface area contributed by atoms with Crippen LogP contribution in [0.5, 0.6) is 0 Å². The van der Waals surface area contributed by atoms with E-state index >= 15 is 0 Å². The van der Waals surface area contributed by atoms with E-state index < -0.39 is 0 Å². The van der Waals surface area contributed by atoms with Crippen LogP contribution < -0.4 is 10.9 Å². The molecule has 156 valence electrons. The zero-order valence-corrected chi connectivity index (χ0v) is 18.3. The third-order valence-corrected chi connectivity index (χ3v) is 5.94. The van der Waals surface area contributed by atoms with Gasteiger partial charge in [0.05, 0.1) is 28.7 Å². The van der Waals surface area contributed by atoms with E-state index in [1.165, 1.54) is 4.90 Å². The van der Waals surface area contributed by atoms with E-state index in [4.69, 9.17) is 0 Å². The molecule has 0 bridgehead atoms. The third-order valence-electron chi connectivity index (χ3n) is 5.20. The fourth-order valence-corrected chi connectivity index (χ4v) is 3.87. The van der Waals surface area contributed by atoms with E-state index in [1.807, 2.05) is 66.9 Å². The Labute approximate surface area is 185 Å². The van der Waals surface area contributed by atoms with Gasteiger partial charge in [-0.1, -0.05) is 42.5 Å². The van der Waals surface area contributed by atoms with Crippen LogP contribution >= 0.6 is 11.8 Å². The largest absolute Gasteiger partial charge is 0.348 e. The molecule has 0 saturated heterocycles. The van der Waals surface area contributed by atoms with Gasteiger partial charge >= 0.3 is 0 Å². The average Bonchev–Trinajstić information content (AvgIpc) is 2.80. The van der Waals surface area contributed by atoms with Crippen molar-refractivity contribution in [3.63, 3.8) is 0 Å². The quantitative estimate of drug-likeness (QED) is 0.461. The predicted molar refractivity (Wildman–Crippen MR) is 126 cm³/mol. The average molecular weight is 430 g/mol. The first-order valence-electron chi connectivity index (χ1n) is 10.0. The lowest BCUT2D eigenvalue weighted by Gasteiger charge is -2.11. The lowest BCUT2D eigenvalue weighted by Crippen LogP contribution is -2.25. The van der Waals surface area contributed by atoms with Gasteiger partial charge in [-0.25, -0.2) is 0 Å². The normalized spacial score (nSPS) is 10.9. The number of rotatable bonds is 6. The molecule has 1 amide bonds. The first-order chi connectivity index (χ1) is 15.0. The van der Waals surface area contributed by atoms with Crippen LogP contribution in [0.25, 0.3) is 10.9 Å². The SMILES string of the molecule is CSc1ccc(CNC(=O)c2cc3c(=O)n(Cc4ccccc4)ccc3nc2C)cc1. The molecule has 4 aromatic rings. The standard InChI is InChI=1S/C25H23N3O2S/c1-17-21(24(29)26-15-18-8-10-20(31-2)11-9-18)14-22-23(27-17)12-13-28(25(22)30)16-19-6-4-3-5-7-19/h3-14H,15-16H2,1-2H3,(H,26,29). The smallest absolute Gasteiger partial charge is 0.260 e. The van der Waals surface area contributed by atoms with Crippen LogP contribution in [0.4, 0.5) is 0 Å². The fraction of sp³-hybridized carbons (Fsp3) is 0.160. The van der Waals surface area contributed by atoms with Gasteiger partial charge in [0, 0.05) is 17.6 Å². The predicted octanol–water partition coefficient (Wildman–Crippen LogP) is 4.41. The summed E-state index contributed by atoms with van der Waals surface area (Å²) in [6.07, 6.45) is 3.78. The Morgan fingerprint density at radius 1 is 1.03 bits per heavy atom. The first kappa shape index (κ1) is 20.9. The molecular weight excluding hydrogens is 406 g/mol. The van der Waals surface area contributed by atoms with Crippen molar-refractivity contribution in [1.29, 1.82) is 0 Å². The maximum absolute atomic E-state index is 13.0. The Morgan fingerprint density at radius 3 is 2.48 bits per heavy atom. The zero-order valence-electron chi connectivity index (χ0n) is 17.5. The van der Waals surface area contributed by atoms with E-state index in [1.54, 1.807) is 35.5 Å². The number of amides is 1. The molecule has 0 spiro atoms. The monoisotopic (exact) mass is 429 g/mol. The summed E-state index contributed by atoms with van der Waals surface area (Å²) in [6, 6.07) is 21.3. The highest BCUT2D eigenvalue weighted by Crippen LogP contribution is 2.16. The van der Waals surface area contributed by atoms with Crippen molar-refractivity contribution in [3.05, 3.63) is 106 Å². The summed E-state index contributed by atoms with van der Waals surface area (Å²) in [5, 5.41) is 3.38. The van der Waals surface area contributed by atoms with Crippen molar-refractivity contribution >= 4 is 28.6 Å². The molecule has 1 N–H and O–H groups in total. The number of benzene rings is 2. The Kier molecular flexibility index (Phi) is 6.18. The highest BCUT2D eigenvalue weighted by atomic mass is 32.2. The van der Waals surface area contributed by atoms with Crippen molar-refractivity contribution < 1.29 is 4.79 Å². The number of pyridine rings is 2. The lowest BCUT2D eigenvalue weighted by molar-refractivity contribution is 0.0950. The number of hydrogen-bond acceptors (Lipinski definition) is 4.